The number of aryl methyl sites for hydroxylation is 1. The van der Waals surface area contributed by atoms with E-state index in [0.717, 1.165) is 10.4 Å². The number of ether oxygens (including phenoxy) is 1. The highest BCUT2D eigenvalue weighted by molar-refractivity contribution is 5.99. The molecule has 35 heavy (non-hydrogen) atoms. The van der Waals surface area contributed by atoms with Crippen LogP contribution in [0, 0.1) is 12.3 Å². The number of nitrogens with zero attached hydrogens (tertiary/aromatic N) is 6. The second kappa shape index (κ2) is 8.07. The monoisotopic (exact) mass is 481 g/mol. The summed E-state index contributed by atoms with van der Waals surface area (Å²) in [5, 5.41) is 28.9. The van der Waals surface area contributed by atoms with E-state index in [-0.39, 0.29) is 17.5 Å². The van der Waals surface area contributed by atoms with Crippen molar-refractivity contribution in [1.82, 2.24) is 30.7 Å². The van der Waals surface area contributed by atoms with Crippen LogP contribution in [0.25, 0.3) is 11.6 Å². The average molecular weight is 482 g/mol. The normalized spacial score (nSPS) is 18.1. The van der Waals surface area contributed by atoms with Gasteiger partial charge in [-0.05, 0) is 29.2 Å². The van der Waals surface area contributed by atoms with Gasteiger partial charge in [-0.1, -0.05) is 38.1 Å². The first-order valence-electron chi connectivity index (χ1n) is 11.4. The lowest BCUT2D eigenvalue weighted by molar-refractivity contribution is -0.145. The number of piperidine rings is 1. The summed E-state index contributed by atoms with van der Waals surface area (Å²) in [7, 11) is 0. The van der Waals surface area contributed by atoms with E-state index in [9.17, 15) is 14.7 Å². The fourth-order valence-electron chi connectivity index (χ4n) is 4.62. The van der Waals surface area contributed by atoms with Crippen LogP contribution in [0.4, 0.5) is 5.82 Å². The summed E-state index contributed by atoms with van der Waals surface area (Å²) >= 11 is 0. The number of hydrogen-bond donors (Lipinski definition) is 2. The Kier molecular flexibility index (Phi) is 5.26. The van der Waals surface area contributed by atoms with Crippen molar-refractivity contribution in [3.63, 3.8) is 0 Å². The molecule has 0 radical (unpaired) electrons. The molecular weight excluding hydrogens is 454 g/mol. The third kappa shape index (κ3) is 4.08. The molecule has 1 atom stereocenters. The van der Waals surface area contributed by atoms with Gasteiger partial charge < -0.3 is 24.6 Å². The second-order valence-electron chi connectivity index (χ2n) is 10.1. The Bertz CT molecular complexity index is 1280. The predicted molar refractivity (Wildman–Crippen MR) is 123 cm³/mol. The highest BCUT2D eigenvalue weighted by Crippen LogP contribution is 2.36. The summed E-state index contributed by atoms with van der Waals surface area (Å²) in [5.74, 6) is 0.478. The van der Waals surface area contributed by atoms with Crippen LogP contribution in [0.3, 0.4) is 0 Å². The lowest BCUT2D eigenvalue weighted by Crippen LogP contribution is -2.61. The minimum atomic E-state index is -1.04. The summed E-state index contributed by atoms with van der Waals surface area (Å²) in [6, 6.07) is 6.32. The van der Waals surface area contributed by atoms with Crippen LogP contribution in [-0.4, -0.2) is 61.2 Å². The molecule has 1 amide bonds. The van der Waals surface area contributed by atoms with E-state index in [1.807, 2.05) is 30.0 Å². The first kappa shape index (κ1) is 22.8. The van der Waals surface area contributed by atoms with Gasteiger partial charge >= 0.3 is 5.97 Å². The summed E-state index contributed by atoms with van der Waals surface area (Å²) in [6.07, 6.45) is 1.13. The van der Waals surface area contributed by atoms with E-state index >= 15 is 0 Å². The summed E-state index contributed by atoms with van der Waals surface area (Å²) in [6.45, 7) is 8.44. The maximum absolute atomic E-state index is 12.8. The number of anilines is 1. The zero-order chi connectivity index (χ0) is 25.0. The third-order valence-electron chi connectivity index (χ3n) is 6.43. The summed E-state index contributed by atoms with van der Waals surface area (Å²) in [4.78, 5) is 27.6. The van der Waals surface area contributed by atoms with E-state index in [1.165, 1.54) is 0 Å². The Morgan fingerprint density at radius 1 is 1.26 bits per heavy atom. The maximum Gasteiger partial charge on any atom is 0.331 e. The van der Waals surface area contributed by atoms with Gasteiger partial charge in [-0.15, -0.1) is 15.0 Å². The van der Waals surface area contributed by atoms with Gasteiger partial charge in [-0.25, -0.2) is 4.79 Å². The smallest absolute Gasteiger partial charge is 0.331 e. The van der Waals surface area contributed by atoms with E-state index in [0.29, 0.717) is 43.1 Å². The first-order chi connectivity index (χ1) is 16.6. The van der Waals surface area contributed by atoms with Crippen LogP contribution in [0.2, 0.25) is 0 Å². The van der Waals surface area contributed by atoms with E-state index in [1.54, 1.807) is 26.8 Å². The lowest BCUT2D eigenvalue weighted by Gasteiger charge is -2.44. The van der Waals surface area contributed by atoms with Gasteiger partial charge in [-0.2, -0.15) is 0 Å². The molecule has 4 heterocycles. The number of carbonyl (C=O) groups excluding carboxylic acids is 1. The Labute approximate surface area is 201 Å². The molecule has 1 aromatic carbocycles. The van der Waals surface area contributed by atoms with Crippen molar-refractivity contribution in [3.05, 3.63) is 35.4 Å². The molecule has 1 fully saturated rings. The SMILES string of the molecule is Cc1cccc2c1C(=O)NC1(CCN(c3cc(-c4nnn(C(C(=O)O)C(C)(C)C)n4)on3)CC1)O2. The summed E-state index contributed by atoms with van der Waals surface area (Å²) < 4.78 is 11.7. The number of nitrogens with one attached hydrogen (secondary N) is 1. The zero-order valence-corrected chi connectivity index (χ0v) is 20.0. The topological polar surface area (TPSA) is 148 Å². The molecule has 12 nitrogen and oxygen atoms in total. The standard InChI is InChI=1S/C23H27N7O5/c1-13-6-5-7-14-17(13)20(31)24-23(34-14)8-10-29(11-9-23)16-12-15(35-27-16)19-25-28-30(26-19)18(21(32)33)22(2,3)4/h5-7,12,18H,8-11H2,1-4H3,(H,24,31)(H,32,33). The van der Waals surface area contributed by atoms with Gasteiger partial charge in [-0.3, -0.25) is 4.79 Å². The fraction of sp³-hybridized carbons (Fsp3) is 0.478. The van der Waals surface area contributed by atoms with Crippen LogP contribution >= 0.6 is 0 Å². The van der Waals surface area contributed by atoms with Crippen molar-refractivity contribution in [1.29, 1.82) is 0 Å². The van der Waals surface area contributed by atoms with Crippen molar-refractivity contribution < 1.29 is 24.0 Å². The van der Waals surface area contributed by atoms with Crippen LogP contribution < -0.4 is 15.0 Å². The molecule has 184 valence electrons. The number of carbonyl (C=O) groups is 2. The van der Waals surface area contributed by atoms with Gasteiger partial charge in [0.15, 0.2) is 17.6 Å². The fourth-order valence-corrected chi connectivity index (χ4v) is 4.62. The van der Waals surface area contributed by atoms with E-state index in [4.69, 9.17) is 9.26 Å². The van der Waals surface area contributed by atoms with Gasteiger partial charge in [0.25, 0.3) is 5.91 Å². The highest BCUT2D eigenvalue weighted by Gasteiger charge is 2.43. The van der Waals surface area contributed by atoms with Crippen LogP contribution in [0.5, 0.6) is 5.75 Å². The van der Waals surface area contributed by atoms with Gasteiger partial charge in [0.2, 0.25) is 11.6 Å². The molecule has 2 aromatic heterocycles. The number of carboxylic acids is 1. The number of aromatic nitrogens is 5. The molecule has 5 rings (SSSR count). The van der Waals surface area contributed by atoms with Gasteiger partial charge in [0.1, 0.15) is 5.75 Å². The number of tetrazole rings is 1. The number of rotatable bonds is 4. The molecule has 0 saturated carbocycles. The maximum atomic E-state index is 12.8. The van der Waals surface area contributed by atoms with Gasteiger partial charge in [0, 0.05) is 32.0 Å². The summed E-state index contributed by atoms with van der Waals surface area (Å²) in [5.41, 5.74) is 0.0870. The zero-order valence-electron chi connectivity index (χ0n) is 20.0. The average Bonchev–Trinajstić information content (AvgIpc) is 3.43. The second-order valence-corrected chi connectivity index (χ2v) is 10.1. The Morgan fingerprint density at radius 2 is 2.00 bits per heavy atom. The molecule has 1 unspecified atom stereocenters. The molecule has 12 heteroatoms. The van der Waals surface area contributed by atoms with E-state index < -0.39 is 23.2 Å². The number of hydrogen-bond acceptors (Lipinski definition) is 9. The molecule has 3 aromatic rings. The quantitative estimate of drug-likeness (QED) is 0.569. The first-order valence-corrected chi connectivity index (χ1v) is 11.4. The van der Waals surface area contributed by atoms with Crippen LogP contribution in [0.15, 0.2) is 28.8 Å². The molecule has 2 aliphatic heterocycles. The molecule has 0 bridgehead atoms. The predicted octanol–water partition coefficient (Wildman–Crippen LogP) is 2.43. The van der Waals surface area contributed by atoms with Crippen molar-refractivity contribution >= 4 is 17.7 Å². The van der Waals surface area contributed by atoms with Crippen molar-refractivity contribution in [2.75, 3.05) is 18.0 Å². The highest BCUT2D eigenvalue weighted by atomic mass is 16.5. The minimum Gasteiger partial charge on any atom is -0.480 e. The lowest BCUT2D eigenvalue weighted by atomic mass is 9.87. The van der Waals surface area contributed by atoms with Crippen molar-refractivity contribution in [2.24, 2.45) is 5.41 Å². The molecule has 1 spiro atoms. The molecule has 1 saturated heterocycles. The number of carboxylic acid groups (broad SMARTS) is 1. The van der Waals surface area contributed by atoms with E-state index in [2.05, 4.69) is 25.9 Å². The molecule has 2 N–H and O–H groups in total. The number of aliphatic carboxylic acids is 1. The van der Waals surface area contributed by atoms with Gasteiger partial charge in [0.05, 0.1) is 5.56 Å². The third-order valence-corrected chi connectivity index (χ3v) is 6.43. The molecule has 2 aliphatic rings. The molecular formula is C23H27N7O5. The Balaban J connectivity index is 1.29. The Morgan fingerprint density at radius 3 is 2.69 bits per heavy atom. The van der Waals surface area contributed by atoms with Crippen molar-refractivity contribution in [3.8, 4) is 17.3 Å². The van der Waals surface area contributed by atoms with Crippen molar-refractivity contribution in [2.45, 2.75) is 52.3 Å². The van der Waals surface area contributed by atoms with Crippen LogP contribution in [0.1, 0.15) is 55.6 Å². The number of fused-ring (bicyclic) bond motifs is 1. The van der Waals surface area contributed by atoms with Crippen LogP contribution in [-0.2, 0) is 4.79 Å². The molecule has 0 aliphatic carbocycles. The number of amides is 1. The Hall–Kier alpha value is -3.96. The largest absolute Gasteiger partial charge is 0.480 e. The minimum absolute atomic E-state index is 0.120. The number of benzene rings is 1.